The van der Waals surface area contributed by atoms with Crippen molar-refractivity contribution in [3.05, 3.63) is 22.7 Å². The minimum Gasteiger partial charge on any atom is -0.404 e. The third kappa shape index (κ3) is 5.14. The Hall–Kier alpha value is -0.950. The quantitative estimate of drug-likeness (QED) is 0.871. The summed E-state index contributed by atoms with van der Waals surface area (Å²) in [5.41, 5.74) is 0.232. The Bertz CT molecular complexity index is 398. The van der Waals surface area contributed by atoms with Crippen LogP contribution in [0.15, 0.2) is 22.7 Å². The largest absolute Gasteiger partial charge is 0.573 e. The highest BCUT2D eigenvalue weighted by atomic mass is 79.9. The summed E-state index contributed by atoms with van der Waals surface area (Å²) in [6, 6.07) is 4.32. The molecule has 0 radical (unpaired) electrons. The number of rotatable bonds is 5. The van der Waals surface area contributed by atoms with Gasteiger partial charge in [-0.25, -0.2) is 0 Å². The van der Waals surface area contributed by atoms with Gasteiger partial charge in [-0.05, 0) is 24.1 Å². The molecule has 0 saturated heterocycles. The second-order valence-electron chi connectivity index (χ2n) is 3.86. The van der Waals surface area contributed by atoms with Crippen molar-refractivity contribution >= 4 is 21.6 Å². The Balaban J connectivity index is 2.83. The molecule has 0 saturated carbocycles. The lowest BCUT2D eigenvalue weighted by Crippen LogP contribution is -2.19. The van der Waals surface area contributed by atoms with Crippen LogP contribution in [0.4, 0.5) is 18.9 Å². The van der Waals surface area contributed by atoms with E-state index in [0.717, 1.165) is 0 Å². The minimum absolute atomic E-state index is 0.0427. The van der Waals surface area contributed by atoms with Crippen molar-refractivity contribution in [2.45, 2.75) is 13.3 Å². The highest BCUT2D eigenvalue weighted by molar-refractivity contribution is 9.10. The summed E-state index contributed by atoms with van der Waals surface area (Å²) in [5, 5.41) is 11.7. The Morgan fingerprint density at radius 1 is 1.44 bits per heavy atom. The SMILES string of the molecule is CC(CO)CNc1ccc(Br)cc1OC(F)(F)F. The number of aliphatic hydroxyl groups excluding tert-OH is 1. The van der Waals surface area contributed by atoms with E-state index in [4.69, 9.17) is 5.11 Å². The van der Waals surface area contributed by atoms with E-state index in [0.29, 0.717) is 11.0 Å². The summed E-state index contributed by atoms with van der Waals surface area (Å²) in [4.78, 5) is 0. The molecule has 1 aromatic rings. The molecular weight excluding hydrogens is 315 g/mol. The molecular formula is C11H13BrF3NO2. The lowest BCUT2D eigenvalue weighted by Gasteiger charge is -2.16. The maximum absolute atomic E-state index is 12.2. The van der Waals surface area contributed by atoms with E-state index in [1.165, 1.54) is 12.1 Å². The second kappa shape index (κ2) is 6.29. The monoisotopic (exact) mass is 327 g/mol. The molecule has 1 unspecified atom stereocenters. The first-order chi connectivity index (χ1) is 8.31. The molecule has 1 aromatic carbocycles. The molecule has 0 aliphatic rings. The average molecular weight is 328 g/mol. The van der Waals surface area contributed by atoms with E-state index in [-0.39, 0.29) is 24.0 Å². The van der Waals surface area contributed by atoms with Crippen molar-refractivity contribution in [1.82, 2.24) is 0 Å². The van der Waals surface area contributed by atoms with E-state index in [9.17, 15) is 13.2 Å². The van der Waals surface area contributed by atoms with Crippen LogP contribution in [0.2, 0.25) is 0 Å². The lowest BCUT2D eigenvalue weighted by molar-refractivity contribution is -0.274. The van der Waals surface area contributed by atoms with Crippen LogP contribution in [0.25, 0.3) is 0 Å². The third-order valence-corrected chi connectivity index (χ3v) is 2.62. The van der Waals surface area contributed by atoms with Crippen LogP contribution in [0, 0.1) is 5.92 Å². The zero-order valence-electron chi connectivity index (χ0n) is 9.59. The maximum Gasteiger partial charge on any atom is 0.573 e. The zero-order valence-corrected chi connectivity index (χ0v) is 11.2. The van der Waals surface area contributed by atoms with Gasteiger partial charge in [0.2, 0.25) is 0 Å². The smallest absolute Gasteiger partial charge is 0.404 e. The molecule has 0 aromatic heterocycles. The molecule has 1 rings (SSSR count). The number of halogens is 4. The predicted molar refractivity (Wildman–Crippen MR) is 65.6 cm³/mol. The van der Waals surface area contributed by atoms with Crippen LogP contribution in [0.5, 0.6) is 5.75 Å². The summed E-state index contributed by atoms with van der Waals surface area (Å²) in [5.74, 6) is -0.366. The highest BCUT2D eigenvalue weighted by Crippen LogP contribution is 2.32. The van der Waals surface area contributed by atoms with Gasteiger partial charge in [0.1, 0.15) is 0 Å². The number of hydrogen-bond donors (Lipinski definition) is 2. The van der Waals surface area contributed by atoms with Crippen molar-refractivity contribution in [2.24, 2.45) is 5.92 Å². The first-order valence-electron chi connectivity index (χ1n) is 5.22. The fourth-order valence-corrected chi connectivity index (χ4v) is 1.54. The molecule has 3 nitrogen and oxygen atoms in total. The normalized spacial score (nSPS) is 13.2. The molecule has 0 spiro atoms. The first-order valence-corrected chi connectivity index (χ1v) is 6.01. The van der Waals surface area contributed by atoms with Gasteiger partial charge in [-0.1, -0.05) is 22.9 Å². The standard InChI is InChI=1S/C11H13BrF3NO2/c1-7(6-17)5-16-9-3-2-8(12)4-10(9)18-11(13,14)15/h2-4,7,16-17H,5-6H2,1H3. The summed E-state index contributed by atoms with van der Waals surface area (Å²) in [6.07, 6.45) is -4.74. The number of alkyl halides is 3. The lowest BCUT2D eigenvalue weighted by atomic mass is 10.2. The maximum atomic E-state index is 12.2. The van der Waals surface area contributed by atoms with Gasteiger partial charge in [0.15, 0.2) is 5.75 Å². The topological polar surface area (TPSA) is 41.5 Å². The van der Waals surface area contributed by atoms with Crippen LogP contribution < -0.4 is 10.1 Å². The van der Waals surface area contributed by atoms with Gasteiger partial charge < -0.3 is 15.2 Å². The Morgan fingerprint density at radius 2 is 2.11 bits per heavy atom. The first kappa shape index (κ1) is 15.1. The van der Waals surface area contributed by atoms with Gasteiger partial charge in [-0.2, -0.15) is 0 Å². The summed E-state index contributed by atoms with van der Waals surface area (Å²) >= 11 is 3.08. The van der Waals surface area contributed by atoms with Gasteiger partial charge in [-0.15, -0.1) is 13.2 Å². The molecule has 18 heavy (non-hydrogen) atoms. The van der Waals surface area contributed by atoms with Gasteiger partial charge in [0.05, 0.1) is 5.69 Å². The number of nitrogens with one attached hydrogen (secondary N) is 1. The molecule has 102 valence electrons. The molecule has 0 bridgehead atoms. The number of aliphatic hydroxyl groups is 1. The van der Waals surface area contributed by atoms with Gasteiger partial charge >= 0.3 is 6.36 Å². The fraction of sp³-hybridized carbons (Fsp3) is 0.455. The number of ether oxygens (including phenoxy) is 1. The van der Waals surface area contributed by atoms with Crippen LogP contribution in [-0.4, -0.2) is 24.6 Å². The highest BCUT2D eigenvalue weighted by Gasteiger charge is 2.32. The molecule has 7 heteroatoms. The van der Waals surface area contributed by atoms with Crippen molar-refractivity contribution in [3.8, 4) is 5.75 Å². The molecule has 0 aliphatic carbocycles. The molecule has 0 heterocycles. The van der Waals surface area contributed by atoms with Crippen molar-refractivity contribution in [1.29, 1.82) is 0 Å². The number of anilines is 1. The van der Waals surface area contributed by atoms with Crippen molar-refractivity contribution in [2.75, 3.05) is 18.5 Å². The van der Waals surface area contributed by atoms with Gasteiger partial charge in [-0.3, -0.25) is 0 Å². The molecule has 0 aliphatic heterocycles. The second-order valence-corrected chi connectivity index (χ2v) is 4.77. The summed E-state index contributed by atoms with van der Waals surface area (Å²) in [6.45, 7) is 2.08. The van der Waals surface area contributed by atoms with E-state index in [1.807, 2.05) is 0 Å². The van der Waals surface area contributed by atoms with E-state index >= 15 is 0 Å². The third-order valence-electron chi connectivity index (χ3n) is 2.12. The van der Waals surface area contributed by atoms with Crippen LogP contribution in [0.3, 0.4) is 0 Å². The molecule has 0 amide bonds. The predicted octanol–water partition coefficient (Wildman–Crippen LogP) is 3.39. The van der Waals surface area contributed by atoms with Gasteiger partial charge in [0, 0.05) is 17.6 Å². The van der Waals surface area contributed by atoms with E-state index in [1.54, 1.807) is 13.0 Å². The van der Waals surface area contributed by atoms with E-state index in [2.05, 4.69) is 26.0 Å². The fourth-order valence-electron chi connectivity index (χ4n) is 1.20. The summed E-state index contributed by atoms with van der Waals surface area (Å²) in [7, 11) is 0. The Kier molecular flexibility index (Phi) is 5.28. The average Bonchev–Trinajstić information content (AvgIpc) is 2.25. The molecule has 1 atom stereocenters. The van der Waals surface area contributed by atoms with Crippen LogP contribution in [-0.2, 0) is 0 Å². The Labute approximate surface area is 111 Å². The van der Waals surface area contributed by atoms with Crippen LogP contribution in [0.1, 0.15) is 6.92 Å². The Morgan fingerprint density at radius 3 is 2.67 bits per heavy atom. The van der Waals surface area contributed by atoms with Crippen molar-refractivity contribution in [3.63, 3.8) is 0 Å². The zero-order chi connectivity index (χ0) is 13.8. The molecule has 2 N–H and O–H groups in total. The summed E-state index contributed by atoms with van der Waals surface area (Å²) < 4.78 is 41.1. The van der Waals surface area contributed by atoms with Gasteiger partial charge in [0.25, 0.3) is 0 Å². The molecule has 0 fully saturated rings. The number of benzene rings is 1. The van der Waals surface area contributed by atoms with Crippen molar-refractivity contribution < 1.29 is 23.0 Å². The van der Waals surface area contributed by atoms with E-state index < -0.39 is 6.36 Å². The van der Waals surface area contributed by atoms with Crippen LogP contribution >= 0.6 is 15.9 Å². The minimum atomic E-state index is -4.74. The number of hydrogen-bond acceptors (Lipinski definition) is 3.